The fourth-order valence-electron chi connectivity index (χ4n) is 2.77. The van der Waals surface area contributed by atoms with E-state index >= 15 is 0 Å². The second kappa shape index (κ2) is 10.2. The first-order valence-corrected chi connectivity index (χ1v) is 10.5. The summed E-state index contributed by atoms with van der Waals surface area (Å²) in [5, 5.41) is 11.1. The van der Waals surface area contributed by atoms with Crippen LogP contribution in [0.15, 0.2) is 10.4 Å². The van der Waals surface area contributed by atoms with Crippen molar-refractivity contribution in [1.82, 2.24) is 15.6 Å². The van der Waals surface area contributed by atoms with Gasteiger partial charge in [-0.25, -0.2) is 4.98 Å². The van der Waals surface area contributed by atoms with Gasteiger partial charge in [0.1, 0.15) is 5.01 Å². The van der Waals surface area contributed by atoms with E-state index < -0.39 is 0 Å². The van der Waals surface area contributed by atoms with Gasteiger partial charge in [0.15, 0.2) is 5.96 Å². The standard InChI is InChI=1S/C17H30N4S2.HI/c1-17(2,3)14-11-23-15(21-14)10-19-16(18-4)20-12-7-6-8-13(9-12)22-5;/h11-13H,6-10H2,1-5H3,(H2,18,19,20);1H. The molecule has 7 heteroatoms. The lowest BCUT2D eigenvalue weighted by atomic mass is 9.93. The lowest BCUT2D eigenvalue weighted by Crippen LogP contribution is -2.45. The van der Waals surface area contributed by atoms with Gasteiger partial charge in [0.05, 0.1) is 12.2 Å². The summed E-state index contributed by atoms with van der Waals surface area (Å²) in [7, 11) is 1.84. The summed E-state index contributed by atoms with van der Waals surface area (Å²) in [6.45, 7) is 7.33. The number of hydrogen-bond acceptors (Lipinski definition) is 4. The second-order valence-electron chi connectivity index (χ2n) is 7.17. The van der Waals surface area contributed by atoms with Crippen molar-refractivity contribution in [2.75, 3.05) is 13.3 Å². The van der Waals surface area contributed by atoms with Crippen molar-refractivity contribution >= 4 is 53.0 Å². The normalized spacial score (nSPS) is 22.0. The van der Waals surface area contributed by atoms with Gasteiger partial charge in [0.25, 0.3) is 0 Å². The number of aliphatic imine (C=N–C) groups is 1. The van der Waals surface area contributed by atoms with Crippen LogP contribution in [0.3, 0.4) is 0 Å². The summed E-state index contributed by atoms with van der Waals surface area (Å²) in [5.41, 5.74) is 1.28. The average Bonchev–Trinajstić information content (AvgIpc) is 3.00. The molecule has 1 fully saturated rings. The third-order valence-corrected chi connectivity index (χ3v) is 6.19. The second-order valence-corrected chi connectivity index (χ2v) is 9.25. The number of rotatable bonds is 4. The zero-order valence-corrected chi connectivity index (χ0v) is 19.4. The van der Waals surface area contributed by atoms with E-state index in [1.165, 1.54) is 25.7 Å². The predicted octanol–water partition coefficient (Wildman–Crippen LogP) is 4.40. The van der Waals surface area contributed by atoms with Gasteiger partial charge < -0.3 is 10.6 Å². The third kappa shape index (κ3) is 6.71. The van der Waals surface area contributed by atoms with E-state index in [0.717, 1.165) is 28.5 Å². The summed E-state index contributed by atoms with van der Waals surface area (Å²) in [4.78, 5) is 9.10. The van der Waals surface area contributed by atoms with Crippen LogP contribution in [0.2, 0.25) is 0 Å². The smallest absolute Gasteiger partial charge is 0.191 e. The highest BCUT2D eigenvalue weighted by atomic mass is 127. The molecule has 2 rings (SSSR count). The molecule has 138 valence electrons. The molecule has 2 N–H and O–H groups in total. The van der Waals surface area contributed by atoms with Crippen LogP contribution in [0.4, 0.5) is 0 Å². The molecule has 1 aromatic heterocycles. The van der Waals surface area contributed by atoms with Crippen LogP contribution in [-0.4, -0.2) is 35.5 Å². The molecule has 2 unspecified atom stereocenters. The van der Waals surface area contributed by atoms with Crippen LogP contribution in [0.1, 0.15) is 57.2 Å². The molecule has 1 saturated carbocycles. The highest BCUT2D eigenvalue weighted by Gasteiger charge is 2.22. The Morgan fingerprint density at radius 2 is 2.17 bits per heavy atom. The molecule has 0 saturated heterocycles. The topological polar surface area (TPSA) is 49.3 Å². The molecule has 0 bridgehead atoms. The molecule has 1 aliphatic carbocycles. The molecule has 0 spiro atoms. The van der Waals surface area contributed by atoms with Crippen molar-refractivity contribution in [3.63, 3.8) is 0 Å². The lowest BCUT2D eigenvalue weighted by Gasteiger charge is -2.29. The number of nitrogens with zero attached hydrogens (tertiary/aromatic N) is 2. The van der Waals surface area contributed by atoms with Gasteiger partial charge in [-0.05, 0) is 25.5 Å². The molecule has 0 amide bonds. The van der Waals surface area contributed by atoms with E-state index in [-0.39, 0.29) is 29.4 Å². The largest absolute Gasteiger partial charge is 0.354 e. The van der Waals surface area contributed by atoms with Crippen LogP contribution >= 0.6 is 47.1 Å². The van der Waals surface area contributed by atoms with Crippen LogP contribution < -0.4 is 10.6 Å². The van der Waals surface area contributed by atoms with Crippen molar-refractivity contribution < 1.29 is 0 Å². The van der Waals surface area contributed by atoms with E-state index in [0.29, 0.717) is 6.04 Å². The van der Waals surface area contributed by atoms with E-state index in [2.05, 4.69) is 48.0 Å². The average molecular weight is 483 g/mol. The number of nitrogens with one attached hydrogen (secondary N) is 2. The number of hydrogen-bond donors (Lipinski definition) is 2. The molecule has 1 aromatic rings. The molecule has 2 atom stereocenters. The van der Waals surface area contributed by atoms with Crippen molar-refractivity contribution in [3.05, 3.63) is 16.1 Å². The van der Waals surface area contributed by atoms with Gasteiger partial charge in [-0.2, -0.15) is 11.8 Å². The molecule has 0 aliphatic heterocycles. The van der Waals surface area contributed by atoms with E-state index in [1.807, 2.05) is 18.8 Å². The molecule has 24 heavy (non-hydrogen) atoms. The molecule has 0 radical (unpaired) electrons. The minimum Gasteiger partial charge on any atom is -0.354 e. The monoisotopic (exact) mass is 482 g/mol. The van der Waals surface area contributed by atoms with Crippen molar-refractivity contribution in [2.45, 2.75) is 69.7 Å². The van der Waals surface area contributed by atoms with Gasteiger partial charge in [-0.15, -0.1) is 35.3 Å². The van der Waals surface area contributed by atoms with Gasteiger partial charge in [0.2, 0.25) is 0 Å². The minimum absolute atomic E-state index is 0. The maximum Gasteiger partial charge on any atom is 0.191 e. The molecule has 0 aromatic carbocycles. The molecular weight excluding hydrogens is 451 g/mol. The number of thioether (sulfide) groups is 1. The fraction of sp³-hybridized carbons (Fsp3) is 0.765. The van der Waals surface area contributed by atoms with Gasteiger partial charge in [0, 0.05) is 29.1 Å². The fourth-order valence-corrected chi connectivity index (χ4v) is 4.56. The van der Waals surface area contributed by atoms with E-state index in [9.17, 15) is 0 Å². The lowest BCUT2D eigenvalue weighted by molar-refractivity contribution is 0.419. The Morgan fingerprint density at radius 1 is 1.42 bits per heavy atom. The van der Waals surface area contributed by atoms with Crippen LogP contribution in [-0.2, 0) is 12.0 Å². The molecule has 1 heterocycles. The summed E-state index contributed by atoms with van der Waals surface area (Å²) in [6, 6.07) is 0.536. The summed E-state index contributed by atoms with van der Waals surface area (Å²) < 4.78 is 0. The Kier molecular flexibility index (Phi) is 9.37. The van der Waals surface area contributed by atoms with E-state index in [1.54, 1.807) is 11.3 Å². The summed E-state index contributed by atoms with van der Waals surface area (Å²) in [5.74, 6) is 0.893. The zero-order valence-electron chi connectivity index (χ0n) is 15.4. The van der Waals surface area contributed by atoms with Gasteiger partial charge >= 0.3 is 0 Å². The Balaban J connectivity index is 0.00000288. The summed E-state index contributed by atoms with van der Waals surface area (Å²) in [6.07, 6.45) is 7.34. The zero-order chi connectivity index (χ0) is 16.9. The van der Waals surface area contributed by atoms with Crippen LogP contribution in [0.25, 0.3) is 0 Å². The first kappa shape index (κ1) is 22.0. The number of halogens is 1. The highest BCUT2D eigenvalue weighted by Crippen LogP contribution is 2.27. The Morgan fingerprint density at radius 3 is 2.75 bits per heavy atom. The first-order chi connectivity index (χ1) is 10.9. The van der Waals surface area contributed by atoms with Gasteiger partial charge in [-0.1, -0.05) is 27.2 Å². The maximum absolute atomic E-state index is 4.73. The quantitative estimate of drug-likeness (QED) is 0.380. The number of guanidine groups is 1. The van der Waals surface area contributed by atoms with Crippen molar-refractivity contribution in [1.29, 1.82) is 0 Å². The predicted molar refractivity (Wildman–Crippen MR) is 119 cm³/mol. The Bertz CT molecular complexity index is 525. The SMILES string of the molecule is CN=C(NCc1nc(C(C)(C)C)cs1)NC1CCCC(SC)C1.I. The number of thiazole rings is 1. The minimum atomic E-state index is 0. The molecular formula is C17H31IN4S2. The Labute approximate surface area is 172 Å². The van der Waals surface area contributed by atoms with Crippen LogP contribution in [0.5, 0.6) is 0 Å². The first-order valence-electron chi connectivity index (χ1n) is 8.37. The highest BCUT2D eigenvalue weighted by molar-refractivity contribution is 14.0. The maximum atomic E-state index is 4.73. The summed E-state index contributed by atoms with van der Waals surface area (Å²) >= 11 is 3.71. The molecule has 1 aliphatic rings. The Hall–Kier alpha value is -0.0200. The number of aromatic nitrogens is 1. The van der Waals surface area contributed by atoms with Gasteiger partial charge in [-0.3, -0.25) is 4.99 Å². The van der Waals surface area contributed by atoms with E-state index in [4.69, 9.17) is 4.98 Å². The van der Waals surface area contributed by atoms with Crippen molar-refractivity contribution in [3.8, 4) is 0 Å². The van der Waals surface area contributed by atoms with Crippen LogP contribution in [0, 0.1) is 0 Å². The molecule has 4 nitrogen and oxygen atoms in total. The third-order valence-electron chi connectivity index (χ3n) is 4.25. The van der Waals surface area contributed by atoms with Crippen molar-refractivity contribution in [2.24, 2.45) is 4.99 Å².